The standard InChI is InChI=1S/C21H23ClN4O4/c1-3-30-21(29)15-9-17(13(2)23-10-15)20(28)26-8-4-5-14(12-26)19(27)25-18-7-6-16(22)11-24-18/h6-7,9-11,14H,3-5,8,12H2,1-2H3,(H,24,25,27). The smallest absolute Gasteiger partial charge is 0.339 e. The average molecular weight is 431 g/mol. The van der Waals surface area contributed by atoms with Gasteiger partial charge in [0.2, 0.25) is 5.91 Å². The van der Waals surface area contributed by atoms with E-state index in [0.717, 1.165) is 0 Å². The lowest BCUT2D eigenvalue weighted by atomic mass is 9.96. The first-order valence-electron chi connectivity index (χ1n) is 9.74. The summed E-state index contributed by atoms with van der Waals surface area (Å²) in [6, 6.07) is 4.78. The summed E-state index contributed by atoms with van der Waals surface area (Å²) in [6.45, 7) is 4.47. The van der Waals surface area contributed by atoms with Gasteiger partial charge >= 0.3 is 5.97 Å². The average Bonchev–Trinajstić information content (AvgIpc) is 2.75. The Kier molecular flexibility index (Phi) is 6.99. The summed E-state index contributed by atoms with van der Waals surface area (Å²) >= 11 is 5.82. The number of ether oxygens (including phenoxy) is 1. The van der Waals surface area contributed by atoms with Gasteiger partial charge in [-0.05, 0) is 44.9 Å². The number of aromatic nitrogens is 2. The van der Waals surface area contributed by atoms with Crippen molar-refractivity contribution in [3.8, 4) is 0 Å². The van der Waals surface area contributed by atoms with Gasteiger partial charge in [-0.3, -0.25) is 14.6 Å². The van der Waals surface area contributed by atoms with E-state index in [0.29, 0.717) is 41.5 Å². The summed E-state index contributed by atoms with van der Waals surface area (Å²) in [4.78, 5) is 47.6. The third kappa shape index (κ3) is 5.13. The second-order valence-electron chi connectivity index (χ2n) is 7.02. The molecule has 9 heteroatoms. The molecule has 0 spiro atoms. The molecule has 2 aromatic heterocycles. The first kappa shape index (κ1) is 21.7. The van der Waals surface area contributed by atoms with Gasteiger partial charge in [-0.2, -0.15) is 0 Å². The molecule has 0 saturated carbocycles. The second kappa shape index (κ2) is 9.67. The van der Waals surface area contributed by atoms with Crippen molar-refractivity contribution in [3.63, 3.8) is 0 Å². The van der Waals surface area contributed by atoms with E-state index in [2.05, 4.69) is 15.3 Å². The van der Waals surface area contributed by atoms with Gasteiger partial charge in [0.15, 0.2) is 0 Å². The monoisotopic (exact) mass is 430 g/mol. The third-order valence-electron chi connectivity index (χ3n) is 4.89. The predicted molar refractivity (Wildman–Crippen MR) is 111 cm³/mol. The Hall–Kier alpha value is -3.00. The van der Waals surface area contributed by atoms with Crippen molar-refractivity contribution in [3.05, 3.63) is 52.4 Å². The lowest BCUT2D eigenvalue weighted by Crippen LogP contribution is -2.44. The molecule has 8 nitrogen and oxygen atoms in total. The van der Waals surface area contributed by atoms with Crippen molar-refractivity contribution in [2.24, 2.45) is 5.92 Å². The van der Waals surface area contributed by atoms with Crippen molar-refractivity contribution in [1.29, 1.82) is 0 Å². The number of hydrogen-bond acceptors (Lipinski definition) is 6. The van der Waals surface area contributed by atoms with Crippen LogP contribution >= 0.6 is 11.6 Å². The number of hydrogen-bond donors (Lipinski definition) is 1. The van der Waals surface area contributed by atoms with Gasteiger partial charge < -0.3 is 15.0 Å². The van der Waals surface area contributed by atoms with Crippen LogP contribution in [0.5, 0.6) is 0 Å². The minimum atomic E-state index is -0.523. The van der Waals surface area contributed by atoms with Crippen LogP contribution in [-0.2, 0) is 9.53 Å². The van der Waals surface area contributed by atoms with Gasteiger partial charge in [0, 0.05) is 25.5 Å². The van der Waals surface area contributed by atoms with Crippen LogP contribution in [-0.4, -0.2) is 52.3 Å². The number of esters is 1. The Balaban J connectivity index is 1.71. The number of rotatable bonds is 5. The number of anilines is 1. The Bertz CT molecular complexity index is 949. The topological polar surface area (TPSA) is 101 Å². The molecular formula is C21H23ClN4O4. The zero-order valence-corrected chi connectivity index (χ0v) is 17.6. The second-order valence-corrected chi connectivity index (χ2v) is 7.46. The summed E-state index contributed by atoms with van der Waals surface area (Å²) in [5.41, 5.74) is 1.08. The van der Waals surface area contributed by atoms with Crippen molar-refractivity contribution >= 4 is 35.2 Å². The third-order valence-corrected chi connectivity index (χ3v) is 5.11. The molecule has 1 N–H and O–H groups in total. The fraction of sp³-hybridized carbons (Fsp3) is 0.381. The highest BCUT2D eigenvalue weighted by atomic mass is 35.5. The molecule has 0 aliphatic carbocycles. The van der Waals surface area contributed by atoms with E-state index in [-0.39, 0.29) is 36.4 Å². The van der Waals surface area contributed by atoms with Crippen molar-refractivity contribution < 1.29 is 19.1 Å². The first-order valence-corrected chi connectivity index (χ1v) is 10.1. The lowest BCUT2D eigenvalue weighted by molar-refractivity contribution is -0.121. The minimum Gasteiger partial charge on any atom is -0.462 e. The Labute approximate surface area is 179 Å². The van der Waals surface area contributed by atoms with Crippen LogP contribution in [0.3, 0.4) is 0 Å². The molecule has 0 radical (unpaired) electrons. The van der Waals surface area contributed by atoms with Crippen LogP contribution in [0, 0.1) is 12.8 Å². The van der Waals surface area contributed by atoms with Crippen LogP contribution in [0.2, 0.25) is 5.02 Å². The van der Waals surface area contributed by atoms with Gasteiger partial charge in [0.25, 0.3) is 5.91 Å². The van der Waals surface area contributed by atoms with Gasteiger partial charge in [-0.1, -0.05) is 11.6 Å². The number of halogens is 1. The van der Waals surface area contributed by atoms with Crippen LogP contribution in [0.4, 0.5) is 5.82 Å². The predicted octanol–water partition coefficient (Wildman–Crippen LogP) is 3.11. The molecule has 3 rings (SSSR count). The highest BCUT2D eigenvalue weighted by Gasteiger charge is 2.30. The molecule has 0 bridgehead atoms. The van der Waals surface area contributed by atoms with Gasteiger partial charge in [-0.15, -0.1) is 0 Å². The molecule has 3 heterocycles. The molecule has 1 aliphatic heterocycles. The number of carbonyl (C=O) groups excluding carboxylic acids is 3. The van der Waals surface area contributed by atoms with E-state index in [9.17, 15) is 14.4 Å². The van der Waals surface area contributed by atoms with Crippen molar-refractivity contribution in [2.45, 2.75) is 26.7 Å². The molecule has 2 aromatic rings. The quantitative estimate of drug-likeness (QED) is 0.731. The van der Waals surface area contributed by atoms with Crippen LogP contribution in [0.1, 0.15) is 46.2 Å². The summed E-state index contributed by atoms with van der Waals surface area (Å²) < 4.78 is 4.99. The summed E-state index contributed by atoms with van der Waals surface area (Å²) in [5, 5.41) is 3.25. The summed E-state index contributed by atoms with van der Waals surface area (Å²) in [7, 11) is 0. The molecule has 1 fully saturated rings. The van der Waals surface area contributed by atoms with Gasteiger partial charge in [-0.25, -0.2) is 9.78 Å². The molecule has 0 aromatic carbocycles. The normalized spacial score (nSPS) is 16.1. The largest absolute Gasteiger partial charge is 0.462 e. The van der Waals surface area contributed by atoms with E-state index in [1.165, 1.54) is 18.5 Å². The number of likely N-dealkylation sites (tertiary alicyclic amines) is 1. The van der Waals surface area contributed by atoms with E-state index in [4.69, 9.17) is 16.3 Å². The highest BCUT2D eigenvalue weighted by Crippen LogP contribution is 2.22. The van der Waals surface area contributed by atoms with E-state index in [1.807, 2.05) is 0 Å². The maximum atomic E-state index is 13.1. The Morgan fingerprint density at radius 3 is 2.77 bits per heavy atom. The van der Waals surface area contributed by atoms with Gasteiger partial charge in [0.05, 0.1) is 34.4 Å². The Morgan fingerprint density at radius 2 is 2.07 bits per heavy atom. The fourth-order valence-electron chi connectivity index (χ4n) is 3.30. The SMILES string of the molecule is CCOC(=O)c1cnc(C)c(C(=O)N2CCCC(C(=O)Nc3ccc(Cl)cn3)C2)c1. The Morgan fingerprint density at radius 1 is 1.27 bits per heavy atom. The molecule has 30 heavy (non-hydrogen) atoms. The zero-order valence-electron chi connectivity index (χ0n) is 16.9. The number of amides is 2. The van der Waals surface area contributed by atoms with Crippen molar-refractivity contribution in [2.75, 3.05) is 25.0 Å². The van der Waals surface area contributed by atoms with Gasteiger partial charge in [0.1, 0.15) is 5.82 Å². The van der Waals surface area contributed by atoms with Crippen LogP contribution in [0.25, 0.3) is 0 Å². The van der Waals surface area contributed by atoms with E-state index < -0.39 is 5.97 Å². The summed E-state index contributed by atoms with van der Waals surface area (Å²) in [5.74, 6) is -0.923. The van der Waals surface area contributed by atoms with E-state index in [1.54, 1.807) is 30.9 Å². The number of nitrogens with one attached hydrogen (secondary N) is 1. The minimum absolute atomic E-state index is 0.197. The maximum absolute atomic E-state index is 13.1. The molecule has 1 atom stereocenters. The fourth-order valence-corrected chi connectivity index (χ4v) is 3.41. The maximum Gasteiger partial charge on any atom is 0.339 e. The summed E-state index contributed by atoms with van der Waals surface area (Å²) in [6.07, 6.45) is 4.22. The molecule has 1 saturated heterocycles. The highest BCUT2D eigenvalue weighted by molar-refractivity contribution is 6.30. The lowest BCUT2D eigenvalue weighted by Gasteiger charge is -2.32. The molecule has 1 unspecified atom stereocenters. The van der Waals surface area contributed by atoms with E-state index >= 15 is 0 Å². The van der Waals surface area contributed by atoms with Crippen LogP contribution < -0.4 is 5.32 Å². The number of nitrogens with zero attached hydrogens (tertiary/aromatic N) is 3. The molecule has 1 aliphatic rings. The number of piperidine rings is 1. The molecular weight excluding hydrogens is 408 g/mol. The van der Waals surface area contributed by atoms with Crippen molar-refractivity contribution in [1.82, 2.24) is 14.9 Å². The molecule has 2 amide bonds. The first-order chi connectivity index (χ1) is 14.4. The number of pyridine rings is 2. The zero-order chi connectivity index (χ0) is 21.7. The number of aryl methyl sites for hydroxylation is 1. The molecule has 158 valence electrons. The van der Waals surface area contributed by atoms with Crippen LogP contribution in [0.15, 0.2) is 30.6 Å². The number of carbonyl (C=O) groups is 3.